The number of rotatable bonds is 5. The second-order valence-electron chi connectivity index (χ2n) is 11.5. The molecule has 0 saturated carbocycles. The van der Waals surface area contributed by atoms with Crippen LogP contribution in [-0.2, 0) is 12.8 Å². The van der Waals surface area contributed by atoms with Gasteiger partial charge in [0.05, 0.1) is 22.8 Å². The van der Waals surface area contributed by atoms with Crippen LogP contribution in [-0.4, -0.2) is 24.9 Å². The van der Waals surface area contributed by atoms with E-state index in [-0.39, 0.29) is 0 Å². The van der Waals surface area contributed by atoms with Crippen molar-refractivity contribution in [3.63, 3.8) is 0 Å². The maximum Gasteiger partial charge on any atom is 0.0769 e. The largest absolute Gasteiger partial charge is 0.355 e. The van der Waals surface area contributed by atoms with Crippen LogP contribution in [0, 0.1) is 13.8 Å². The molecule has 4 aromatic rings. The molecule has 214 valence electrons. The van der Waals surface area contributed by atoms with Crippen molar-refractivity contribution in [2.45, 2.75) is 81.1 Å². The third kappa shape index (κ3) is 4.34. The van der Waals surface area contributed by atoms with Crippen LogP contribution < -0.4 is 0 Å². The van der Waals surface area contributed by atoms with Crippen LogP contribution in [0.25, 0.3) is 55.5 Å². The third-order valence-corrected chi connectivity index (χ3v) is 9.31. The van der Waals surface area contributed by atoms with Crippen LogP contribution in [0.4, 0.5) is 0 Å². The second kappa shape index (κ2) is 10.9. The van der Waals surface area contributed by atoms with Gasteiger partial charge in [-0.15, -0.1) is 0 Å². The van der Waals surface area contributed by atoms with Gasteiger partial charge in [-0.1, -0.05) is 27.7 Å². The monoisotopic (exact) mass is 555 g/mol. The maximum atomic E-state index is 5.39. The molecule has 6 heterocycles. The lowest BCUT2D eigenvalue weighted by Gasteiger charge is -2.09. The molecule has 6 rings (SSSR count). The average Bonchev–Trinajstić information content (AvgIpc) is 3.66. The number of hydrogen-bond donors (Lipinski definition) is 2. The van der Waals surface area contributed by atoms with Crippen molar-refractivity contribution in [1.29, 1.82) is 0 Å². The fraction of sp³-hybridized carbons (Fsp3) is 0.324. The number of allylic oxidation sites excluding steroid dienone is 4. The minimum atomic E-state index is 0.908. The molecule has 5 nitrogen and oxygen atoms in total. The van der Waals surface area contributed by atoms with Crippen LogP contribution in [0.2, 0.25) is 0 Å². The number of aromatic nitrogens is 5. The first-order valence-corrected chi connectivity index (χ1v) is 15.4. The van der Waals surface area contributed by atoms with Crippen LogP contribution in [0.1, 0.15) is 99.4 Å². The van der Waals surface area contributed by atoms with E-state index in [9.17, 15) is 0 Å². The van der Waals surface area contributed by atoms with Crippen molar-refractivity contribution < 1.29 is 0 Å². The van der Waals surface area contributed by atoms with E-state index in [0.717, 1.165) is 81.7 Å². The van der Waals surface area contributed by atoms with E-state index < -0.39 is 0 Å². The van der Waals surface area contributed by atoms with Crippen molar-refractivity contribution in [2.75, 3.05) is 0 Å². The lowest BCUT2D eigenvalue weighted by atomic mass is 9.94. The molecule has 8 bridgehead atoms. The van der Waals surface area contributed by atoms with Crippen LogP contribution >= 0.6 is 0 Å². The molecule has 42 heavy (non-hydrogen) atoms. The second-order valence-corrected chi connectivity index (χ2v) is 11.5. The topological polar surface area (TPSA) is 70.2 Å². The summed E-state index contributed by atoms with van der Waals surface area (Å²) >= 11 is 0. The lowest BCUT2D eigenvalue weighted by molar-refractivity contribution is 1.14. The van der Waals surface area contributed by atoms with Gasteiger partial charge in [0, 0.05) is 40.0 Å². The highest BCUT2D eigenvalue weighted by atomic mass is 14.8. The number of H-pyrrole nitrogens is 2. The van der Waals surface area contributed by atoms with Gasteiger partial charge in [0.2, 0.25) is 0 Å². The Morgan fingerprint density at radius 3 is 1.43 bits per heavy atom. The Bertz CT molecular complexity index is 1830. The SMILES string of the molecule is CCC1=C(C)c2nc1cc1[nH]c(cc3[nH]c(cc4nc(c2-c2ccncc2)C(C)=C4CC)c(CC)c3C)c(C)c1CC. The molecule has 0 saturated heterocycles. The van der Waals surface area contributed by atoms with E-state index >= 15 is 0 Å². The summed E-state index contributed by atoms with van der Waals surface area (Å²) in [5.74, 6) is 0. The molecule has 2 N–H and O–H groups in total. The summed E-state index contributed by atoms with van der Waals surface area (Å²) < 4.78 is 0. The molecule has 0 unspecified atom stereocenters. The Balaban J connectivity index is 1.89. The molecule has 5 heteroatoms. The number of nitrogens with one attached hydrogen (secondary N) is 2. The van der Waals surface area contributed by atoms with Gasteiger partial charge in [0.15, 0.2) is 0 Å². The van der Waals surface area contributed by atoms with Gasteiger partial charge in [0.1, 0.15) is 0 Å². The molecule has 0 aliphatic carbocycles. The first-order chi connectivity index (χ1) is 20.3. The first kappa shape index (κ1) is 27.9. The molecule has 2 aliphatic rings. The lowest BCUT2D eigenvalue weighted by Crippen LogP contribution is -1.93. The zero-order valence-corrected chi connectivity index (χ0v) is 26.2. The van der Waals surface area contributed by atoms with Gasteiger partial charge in [-0.3, -0.25) is 4.98 Å². The van der Waals surface area contributed by atoms with Crippen molar-refractivity contribution >= 4 is 44.4 Å². The quantitative estimate of drug-likeness (QED) is 0.257. The molecule has 2 aliphatic heterocycles. The highest BCUT2D eigenvalue weighted by Gasteiger charge is 2.26. The van der Waals surface area contributed by atoms with Gasteiger partial charge in [-0.25, -0.2) is 9.97 Å². The zero-order valence-electron chi connectivity index (χ0n) is 26.2. The van der Waals surface area contributed by atoms with Gasteiger partial charge in [-0.05, 0) is 134 Å². The summed E-state index contributed by atoms with van der Waals surface area (Å²) in [6.45, 7) is 17.8. The van der Waals surface area contributed by atoms with Crippen LogP contribution in [0.5, 0.6) is 0 Å². The minimum absolute atomic E-state index is 0.908. The first-order valence-electron chi connectivity index (χ1n) is 15.4. The smallest absolute Gasteiger partial charge is 0.0769 e. The Morgan fingerprint density at radius 2 is 1.02 bits per heavy atom. The molecular formula is C37H41N5. The van der Waals surface area contributed by atoms with Crippen molar-refractivity contribution in [1.82, 2.24) is 24.9 Å². The van der Waals surface area contributed by atoms with Gasteiger partial charge in [0.25, 0.3) is 0 Å². The summed E-state index contributed by atoms with van der Waals surface area (Å²) in [7, 11) is 0. The molecule has 0 fully saturated rings. The fourth-order valence-corrected chi connectivity index (χ4v) is 6.96. The number of aryl methyl sites for hydroxylation is 4. The number of aromatic amines is 2. The zero-order chi connectivity index (χ0) is 29.7. The molecule has 0 atom stereocenters. The van der Waals surface area contributed by atoms with E-state index in [1.165, 1.54) is 44.5 Å². The number of nitrogens with zero attached hydrogens (tertiary/aromatic N) is 3. The molecular weight excluding hydrogens is 514 g/mol. The minimum Gasteiger partial charge on any atom is -0.355 e. The maximum absolute atomic E-state index is 5.39. The van der Waals surface area contributed by atoms with E-state index in [1.807, 2.05) is 12.4 Å². The predicted octanol–water partition coefficient (Wildman–Crippen LogP) is 9.80. The van der Waals surface area contributed by atoms with Crippen molar-refractivity contribution in [3.05, 3.63) is 87.8 Å². The van der Waals surface area contributed by atoms with Gasteiger partial charge in [-0.2, -0.15) is 0 Å². The van der Waals surface area contributed by atoms with Gasteiger partial charge < -0.3 is 9.97 Å². The molecule has 0 radical (unpaired) electrons. The molecule has 0 amide bonds. The van der Waals surface area contributed by atoms with Crippen LogP contribution in [0.3, 0.4) is 0 Å². The van der Waals surface area contributed by atoms with E-state index in [2.05, 4.69) is 101 Å². The molecule has 4 aromatic heterocycles. The Labute approximate surface area is 248 Å². The summed E-state index contributed by atoms with van der Waals surface area (Å²) in [5, 5.41) is 0. The summed E-state index contributed by atoms with van der Waals surface area (Å²) in [4.78, 5) is 22.7. The van der Waals surface area contributed by atoms with Gasteiger partial charge >= 0.3 is 0 Å². The highest BCUT2D eigenvalue weighted by Crippen LogP contribution is 2.43. The Kier molecular flexibility index (Phi) is 7.22. The average molecular weight is 556 g/mol. The van der Waals surface area contributed by atoms with Crippen LogP contribution in [0.15, 0.2) is 42.7 Å². The van der Waals surface area contributed by atoms with Crippen molar-refractivity contribution in [2.24, 2.45) is 0 Å². The fourth-order valence-electron chi connectivity index (χ4n) is 6.96. The summed E-state index contributed by atoms with van der Waals surface area (Å²) in [6.07, 6.45) is 7.45. The molecule has 0 spiro atoms. The number of pyridine rings is 1. The Hall–Kier alpha value is -4.25. The standard InChI is InChI=1S/C37H41N5/c1-9-25-20(5)29-17-30-21(6)26(10-2)32(40-30)19-34-28(12-4)23(8)37(42-34)35(24-13-15-38-16-14-24)36-22(7)27(11-3)33(41-36)18-31(25)39-29/h13-19,39-40H,9-12H2,1-8H3. The predicted molar refractivity (Wildman–Crippen MR) is 178 cm³/mol. The Morgan fingerprint density at radius 1 is 0.571 bits per heavy atom. The summed E-state index contributed by atoms with van der Waals surface area (Å²) in [6, 6.07) is 11.0. The molecule has 0 aromatic carbocycles. The summed E-state index contributed by atoms with van der Waals surface area (Å²) in [5.41, 5.74) is 21.1. The number of fused-ring (bicyclic) bond motifs is 8. The normalized spacial score (nSPS) is 13.4. The third-order valence-electron chi connectivity index (χ3n) is 9.31. The van der Waals surface area contributed by atoms with E-state index in [1.54, 1.807) is 0 Å². The van der Waals surface area contributed by atoms with Crippen molar-refractivity contribution in [3.8, 4) is 11.1 Å². The highest BCUT2D eigenvalue weighted by molar-refractivity contribution is 6.02. The number of hydrogen-bond acceptors (Lipinski definition) is 3. The van der Waals surface area contributed by atoms with E-state index in [4.69, 9.17) is 9.97 Å². The van der Waals surface area contributed by atoms with E-state index in [0.29, 0.717) is 0 Å².